The Balaban J connectivity index is 1.40. The predicted molar refractivity (Wildman–Crippen MR) is 162 cm³/mol. The number of hydrogen-bond acceptors (Lipinski definition) is 6. The average molecular weight is 615 g/mol. The zero-order valence-corrected chi connectivity index (χ0v) is 24.9. The second-order valence-corrected chi connectivity index (χ2v) is 12.4. The third-order valence-corrected chi connectivity index (χ3v) is 9.45. The van der Waals surface area contributed by atoms with Gasteiger partial charge in [0.1, 0.15) is 17.6 Å². The molecular weight excluding hydrogens is 583 g/mol. The predicted octanol–water partition coefficient (Wildman–Crippen LogP) is 4.01. The SMILES string of the molecule is COc1ccc2ccc(S(=O)(=O)N(CC(=O)NCCc3cccc(F)c3)[C@H]3CCN(Cc4cccc(C#N)c4)C3=O)cc2c1. The number of fused-ring (bicyclic) bond motifs is 1. The number of amides is 2. The Morgan fingerprint density at radius 1 is 1.05 bits per heavy atom. The lowest BCUT2D eigenvalue weighted by atomic mass is 10.1. The standard InChI is InChI=1S/C33H31FN4O5S/c1-43-29-10-8-26-9-11-30(19-27(26)18-29)44(41,42)38(22-32(39)36-14-12-23-4-3-7-28(34)17-23)31-13-15-37(33(31)40)21-25-6-2-5-24(16-25)20-35/h2-11,16-19,31H,12-15,21-22H2,1H3,(H,36,39)/t31-/m0/s1. The fourth-order valence-corrected chi connectivity index (χ4v) is 6.94. The number of rotatable bonds is 11. The maximum Gasteiger partial charge on any atom is 0.244 e. The Morgan fingerprint density at radius 2 is 1.82 bits per heavy atom. The summed E-state index contributed by atoms with van der Waals surface area (Å²) >= 11 is 0. The van der Waals surface area contributed by atoms with Crippen molar-refractivity contribution in [3.05, 3.63) is 107 Å². The van der Waals surface area contributed by atoms with Crippen LogP contribution in [0.5, 0.6) is 5.75 Å². The van der Waals surface area contributed by atoms with E-state index in [-0.39, 0.29) is 36.8 Å². The molecule has 4 aromatic carbocycles. The topological polar surface area (TPSA) is 120 Å². The molecular formula is C33H31FN4O5S. The molecule has 0 aliphatic carbocycles. The number of hydrogen-bond donors (Lipinski definition) is 1. The van der Waals surface area contributed by atoms with E-state index in [0.29, 0.717) is 28.7 Å². The summed E-state index contributed by atoms with van der Waals surface area (Å²) in [4.78, 5) is 28.3. The molecule has 1 fully saturated rings. The van der Waals surface area contributed by atoms with E-state index < -0.39 is 34.4 Å². The lowest BCUT2D eigenvalue weighted by Crippen LogP contribution is -2.49. The molecule has 11 heteroatoms. The van der Waals surface area contributed by atoms with Crippen LogP contribution in [0.1, 0.15) is 23.1 Å². The van der Waals surface area contributed by atoms with Gasteiger partial charge in [0.15, 0.2) is 0 Å². The fourth-order valence-electron chi connectivity index (χ4n) is 5.33. The fraction of sp³-hybridized carbons (Fsp3) is 0.242. The molecule has 0 saturated carbocycles. The van der Waals surface area contributed by atoms with Gasteiger partial charge in [0.2, 0.25) is 21.8 Å². The molecule has 1 N–H and O–H groups in total. The molecule has 2 amide bonds. The van der Waals surface area contributed by atoms with Gasteiger partial charge in [-0.2, -0.15) is 9.57 Å². The van der Waals surface area contributed by atoms with Gasteiger partial charge in [0.05, 0.1) is 30.2 Å². The smallest absolute Gasteiger partial charge is 0.244 e. The van der Waals surface area contributed by atoms with E-state index in [1.54, 1.807) is 54.6 Å². The van der Waals surface area contributed by atoms with Crippen molar-refractivity contribution in [1.82, 2.24) is 14.5 Å². The van der Waals surface area contributed by atoms with Crippen molar-refractivity contribution >= 4 is 32.6 Å². The maximum absolute atomic E-state index is 14.1. The van der Waals surface area contributed by atoms with Crippen molar-refractivity contribution in [3.63, 3.8) is 0 Å². The van der Waals surface area contributed by atoms with Crippen LogP contribution >= 0.6 is 0 Å². The van der Waals surface area contributed by atoms with Crippen molar-refractivity contribution in [2.24, 2.45) is 0 Å². The molecule has 0 spiro atoms. The van der Waals surface area contributed by atoms with Crippen LogP contribution in [-0.2, 0) is 32.6 Å². The lowest BCUT2D eigenvalue weighted by molar-refractivity contribution is -0.131. The lowest BCUT2D eigenvalue weighted by Gasteiger charge is -2.27. The van der Waals surface area contributed by atoms with Crippen molar-refractivity contribution in [1.29, 1.82) is 5.26 Å². The zero-order valence-electron chi connectivity index (χ0n) is 24.1. The van der Waals surface area contributed by atoms with Gasteiger partial charge in [-0.25, -0.2) is 12.8 Å². The molecule has 0 unspecified atom stereocenters. The average Bonchev–Trinajstić information content (AvgIpc) is 3.38. The first kappa shape index (κ1) is 30.7. The number of nitrogens with zero attached hydrogens (tertiary/aromatic N) is 3. The Labute approximate surface area is 255 Å². The molecule has 0 bridgehead atoms. The van der Waals surface area contributed by atoms with Crippen LogP contribution in [0.3, 0.4) is 0 Å². The first-order chi connectivity index (χ1) is 21.2. The number of nitrogens with one attached hydrogen (secondary N) is 1. The highest BCUT2D eigenvalue weighted by atomic mass is 32.2. The molecule has 0 aromatic heterocycles. The van der Waals surface area contributed by atoms with Crippen LogP contribution in [0.15, 0.2) is 89.8 Å². The van der Waals surface area contributed by atoms with Crippen LogP contribution < -0.4 is 10.1 Å². The van der Waals surface area contributed by atoms with E-state index in [9.17, 15) is 27.7 Å². The summed E-state index contributed by atoms with van der Waals surface area (Å²) in [6.45, 7) is 0.0679. The van der Waals surface area contributed by atoms with Gasteiger partial charge in [-0.1, -0.05) is 36.4 Å². The second-order valence-electron chi connectivity index (χ2n) is 10.5. The number of sulfonamides is 1. The summed E-state index contributed by atoms with van der Waals surface area (Å²) in [5.74, 6) is -0.835. The van der Waals surface area contributed by atoms with E-state index in [4.69, 9.17) is 4.74 Å². The highest BCUT2D eigenvalue weighted by Gasteiger charge is 2.43. The van der Waals surface area contributed by atoms with E-state index in [1.807, 2.05) is 6.07 Å². The number of methoxy groups -OCH3 is 1. The third-order valence-electron chi connectivity index (χ3n) is 7.60. The van der Waals surface area contributed by atoms with E-state index >= 15 is 0 Å². The number of likely N-dealkylation sites (tertiary alicyclic amines) is 1. The van der Waals surface area contributed by atoms with Crippen LogP contribution in [-0.4, -0.2) is 62.2 Å². The van der Waals surface area contributed by atoms with Gasteiger partial charge >= 0.3 is 0 Å². The summed E-state index contributed by atoms with van der Waals surface area (Å²) in [6.07, 6.45) is 0.536. The summed E-state index contributed by atoms with van der Waals surface area (Å²) in [5.41, 5.74) is 1.88. The highest BCUT2D eigenvalue weighted by Crippen LogP contribution is 2.29. The summed E-state index contributed by atoms with van der Waals surface area (Å²) in [6, 6.07) is 23.8. The second kappa shape index (κ2) is 13.2. The molecule has 5 rings (SSSR count). The minimum atomic E-state index is -4.32. The molecule has 1 heterocycles. The number of halogens is 1. The molecule has 1 atom stereocenters. The quantitative estimate of drug-likeness (QED) is 0.273. The minimum absolute atomic E-state index is 0.0567. The molecule has 9 nitrogen and oxygen atoms in total. The van der Waals surface area contributed by atoms with Crippen LogP contribution in [0, 0.1) is 17.1 Å². The van der Waals surface area contributed by atoms with E-state index in [0.717, 1.165) is 15.3 Å². The van der Waals surface area contributed by atoms with Crippen LogP contribution in [0.25, 0.3) is 10.8 Å². The Morgan fingerprint density at radius 3 is 2.59 bits per heavy atom. The molecule has 44 heavy (non-hydrogen) atoms. The Kier molecular flexibility index (Phi) is 9.23. The Hall–Kier alpha value is -4.79. The van der Waals surface area contributed by atoms with E-state index in [1.165, 1.54) is 36.3 Å². The van der Waals surface area contributed by atoms with Gasteiger partial charge < -0.3 is 15.0 Å². The molecule has 4 aromatic rings. The monoisotopic (exact) mass is 614 g/mol. The van der Waals surface area contributed by atoms with Crippen molar-refractivity contribution in [2.45, 2.75) is 30.3 Å². The molecule has 1 aliphatic heterocycles. The van der Waals surface area contributed by atoms with Gasteiger partial charge in [-0.15, -0.1) is 0 Å². The third kappa shape index (κ3) is 6.88. The van der Waals surface area contributed by atoms with Gasteiger partial charge in [-0.3, -0.25) is 9.59 Å². The van der Waals surface area contributed by atoms with Crippen LogP contribution in [0.2, 0.25) is 0 Å². The largest absolute Gasteiger partial charge is 0.497 e. The number of carbonyl (C=O) groups excluding carboxylic acids is 2. The molecule has 0 radical (unpaired) electrons. The summed E-state index contributed by atoms with van der Waals surface area (Å²) in [5, 5.41) is 13.4. The number of ether oxygens (including phenoxy) is 1. The van der Waals surface area contributed by atoms with Crippen molar-refractivity contribution in [2.75, 3.05) is 26.7 Å². The molecule has 1 saturated heterocycles. The van der Waals surface area contributed by atoms with E-state index in [2.05, 4.69) is 11.4 Å². The first-order valence-corrected chi connectivity index (χ1v) is 15.5. The summed E-state index contributed by atoms with van der Waals surface area (Å²) < 4.78 is 48.1. The molecule has 226 valence electrons. The first-order valence-electron chi connectivity index (χ1n) is 14.1. The van der Waals surface area contributed by atoms with Crippen molar-refractivity contribution < 1.29 is 27.1 Å². The number of carbonyl (C=O) groups is 2. The normalized spacial score (nSPS) is 15.0. The van der Waals surface area contributed by atoms with Crippen molar-refractivity contribution in [3.8, 4) is 11.8 Å². The van der Waals surface area contributed by atoms with Gasteiger partial charge in [0.25, 0.3) is 0 Å². The number of nitriles is 1. The maximum atomic E-state index is 14.1. The highest BCUT2D eigenvalue weighted by molar-refractivity contribution is 7.89. The van der Waals surface area contributed by atoms with Gasteiger partial charge in [-0.05, 0) is 83.3 Å². The molecule has 1 aliphatic rings. The minimum Gasteiger partial charge on any atom is -0.497 e. The Bertz CT molecular complexity index is 1860. The van der Waals surface area contributed by atoms with Crippen LogP contribution in [0.4, 0.5) is 4.39 Å². The zero-order chi connectivity index (χ0) is 31.3. The number of benzene rings is 4. The summed E-state index contributed by atoms with van der Waals surface area (Å²) in [7, 11) is -2.80. The van der Waals surface area contributed by atoms with Gasteiger partial charge in [0, 0.05) is 19.6 Å².